The number of rotatable bonds is 4. The van der Waals surface area contributed by atoms with Gasteiger partial charge in [0.2, 0.25) is 17.6 Å². The van der Waals surface area contributed by atoms with E-state index in [9.17, 15) is 10.1 Å². The van der Waals surface area contributed by atoms with Gasteiger partial charge in [0.25, 0.3) is 0 Å². The number of aryl methyl sites for hydroxylation is 2. The summed E-state index contributed by atoms with van der Waals surface area (Å²) in [6.45, 7) is 5.52. The molecule has 2 heterocycles. The van der Waals surface area contributed by atoms with Gasteiger partial charge in [0.1, 0.15) is 0 Å². The number of hydrogen-bond acceptors (Lipinski definition) is 7. The first-order valence-corrected chi connectivity index (χ1v) is 7.87. The highest BCUT2D eigenvalue weighted by atomic mass is 16.6. The van der Waals surface area contributed by atoms with E-state index in [-0.39, 0.29) is 23.3 Å². The lowest BCUT2D eigenvalue weighted by molar-refractivity contribution is -0.383. The molecule has 126 valence electrons. The van der Waals surface area contributed by atoms with Crippen LogP contribution < -0.4 is 16.0 Å². The van der Waals surface area contributed by atoms with Crippen molar-refractivity contribution in [1.82, 2.24) is 9.97 Å². The van der Waals surface area contributed by atoms with Gasteiger partial charge in [-0.15, -0.1) is 0 Å². The zero-order chi connectivity index (χ0) is 17.3. The second kappa shape index (κ2) is 6.31. The lowest BCUT2D eigenvalue weighted by atomic mass is 10.1. The first-order chi connectivity index (χ1) is 11.5. The van der Waals surface area contributed by atoms with E-state index in [1.54, 1.807) is 0 Å². The van der Waals surface area contributed by atoms with E-state index in [1.165, 1.54) is 5.56 Å². The highest BCUT2D eigenvalue weighted by molar-refractivity contribution is 5.72. The Morgan fingerprint density at radius 2 is 1.92 bits per heavy atom. The summed E-state index contributed by atoms with van der Waals surface area (Å²) < 4.78 is 0. The van der Waals surface area contributed by atoms with Crippen molar-refractivity contribution in [1.29, 1.82) is 0 Å². The fourth-order valence-corrected chi connectivity index (χ4v) is 2.79. The molecule has 24 heavy (non-hydrogen) atoms. The molecule has 3 N–H and O–H groups in total. The van der Waals surface area contributed by atoms with Crippen molar-refractivity contribution >= 4 is 29.0 Å². The summed E-state index contributed by atoms with van der Waals surface area (Å²) in [4.78, 5) is 21.2. The molecule has 1 aromatic heterocycles. The third-order valence-electron chi connectivity index (χ3n) is 4.24. The Labute approximate surface area is 139 Å². The summed E-state index contributed by atoms with van der Waals surface area (Å²) in [6.07, 6.45) is 1.97. The molecule has 8 nitrogen and oxygen atoms in total. The molecule has 0 aliphatic carbocycles. The van der Waals surface area contributed by atoms with Crippen LogP contribution in [0.15, 0.2) is 18.2 Å². The summed E-state index contributed by atoms with van der Waals surface area (Å²) in [5.41, 5.74) is 8.75. The van der Waals surface area contributed by atoms with Crippen molar-refractivity contribution in [3.8, 4) is 0 Å². The number of nitrogens with zero attached hydrogens (tertiary/aromatic N) is 4. The van der Waals surface area contributed by atoms with Crippen LogP contribution in [0.4, 0.5) is 29.0 Å². The normalized spacial score (nSPS) is 14.0. The maximum Gasteiger partial charge on any atom is 0.353 e. The quantitative estimate of drug-likeness (QED) is 0.655. The number of nitrogen functional groups attached to an aromatic ring is 1. The van der Waals surface area contributed by atoms with E-state index in [0.29, 0.717) is 0 Å². The minimum atomic E-state index is -0.511. The van der Waals surface area contributed by atoms with Crippen LogP contribution in [0.1, 0.15) is 24.0 Å². The van der Waals surface area contributed by atoms with E-state index in [4.69, 9.17) is 5.73 Å². The standard InChI is InChI=1S/C16H20N6O2/c1-10-5-6-12(9-11(10)2)18-16-19-14(17)13(22(23)24)15(20-16)21-7-3-4-8-21/h5-6,9H,3-4,7-8H2,1-2H3,(H3,17,18,19,20). The molecule has 2 aromatic rings. The van der Waals surface area contributed by atoms with Crippen molar-refractivity contribution in [2.24, 2.45) is 0 Å². The number of aromatic nitrogens is 2. The number of hydrogen-bond donors (Lipinski definition) is 2. The molecule has 0 spiro atoms. The van der Waals surface area contributed by atoms with Gasteiger partial charge >= 0.3 is 5.69 Å². The number of nitro groups is 1. The highest BCUT2D eigenvalue weighted by Crippen LogP contribution is 2.34. The third kappa shape index (κ3) is 3.08. The van der Waals surface area contributed by atoms with Crippen molar-refractivity contribution in [3.05, 3.63) is 39.4 Å². The van der Waals surface area contributed by atoms with Gasteiger partial charge in [-0.3, -0.25) is 10.1 Å². The van der Waals surface area contributed by atoms with E-state index >= 15 is 0 Å². The van der Waals surface area contributed by atoms with Crippen LogP contribution in [-0.2, 0) is 0 Å². The SMILES string of the molecule is Cc1ccc(Nc2nc(N)c([N+](=O)[O-])c(N3CCCC3)n2)cc1C. The van der Waals surface area contributed by atoms with Gasteiger partial charge in [-0.1, -0.05) is 6.07 Å². The summed E-state index contributed by atoms with van der Waals surface area (Å²) in [7, 11) is 0. The molecule has 0 saturated carbocycles. The lowest BCUT2D eigenvalue weighted by Gasteiger charge is -2.18. The van der Waals surface area contributed by atoms with E-state index in [1.807, 2.05) is 36.9 Å². The van der Waals surface area contributed by atoms with Crippen molar-refractivity contribution < 1.29 is 4.92 Å². The largest absolute Gasteiger partial charge is 0.378 e. The van der Waals surface area contributed by atoms with Crippen molar-refractivity contribution in [3.63, 3.8) is 0 Å². The molecule has 8 heteroatoms. The topological polar surface area (TPSA) is 110 Å². The molecule has 0 amide bonds. The zero-order valence-corrected chi connectivity index (χ0v) is 13.7. The first kappa shape index (κ1) is 16.0. The Bertz CT molecular complexity index is 786. The fourth-order valence-electron chi connectivity index (χ4n) is 2.79. The fraction of sp³-hybridized carbons (Fsp3) is 0.375. The molecule has 1 fully saturated rings. The van der Waals surface area contributed by atoms with Gasteiger partial charge in [-0.05, 0) is 49.9 Å². The zero-order valence-electron chi connectivity index (χ0n) is 13.7. The van der Waals surface area contributed by atoms with E-state index in [0.717, 1.165) is 37.2 Å². The predicted molar refractivity (Wildman–Crippen MR) is 93.7 cm³/mol. The summed E-state index contributed by atoms with van der Waals surface area (Å²) in [6, 6.07) is 5.89. The Morgan fingerprint density at radius 1 is 1.21 bits per heavy atom. The molecule has 1 aliphatic heterocycles. The Morgan fingerprint density at radius 3 is 2.54 bits per heavy atom. The molecule has 3 rings (SSSR count). The molecule has 0 radical (unpaired) electrons. The number of benzene rings is 1. The van der Waals surface area contributed by atoms with Crippen molar-refractivity contribution in [2.45, 2.75) is 26.7 Å². The van der Waals surface area contributed by atoms with Gasteiger partial charge < -0.3 is 16.0 Å². The van der Waals surface area contributed by atoms with Gasteiger partial charge in [0.15, 0.2) is 0 Å². The molecule has 1 aromatic carbocycles. The Kier molecular flexibility index (Phi) is 4.20. The minimum absolute atomic E-state index is 0.122. The summed E-state index contributed by atoms with van der Waals surface area (Å²) in [5.74, 6) is 0.433. The van der Waals surface area contributed by atoms with Gasteiger partial charge in [0.05, 0.1) is 4.92 Å². The molecule has 0 atom stereocenters. The van der Waals surface area contributed by atoms with Crippen LogP contribution in [0.2, 0.25) is 0 Å². The molecule has 1 aliphatic rings. The predicted octanol–water partition coefficient (Wildman–Crippen LogP) is 2.93. The van der Waals surface area contributed by atoms with Gasteiger partial charge in [0, 0.05) is 18.8 Å². The van der Waals surface area contributed by atoms with Crippen LogP contribution in [0, 0.1) is 24.0 Å². The molecule has 0 bridgehead atoms. The summed E-state index contributed by atoms with van der Waals surface area (Å²) in [5, 5.41) is 14.4. The molecule has 0 unspecified atom stereocenters. The third-order valence-corrected chi connectivity index (χ3v) is 4.24. The van der Waals surface area contributed by atoms with Crippen LogP contribution in [-0.4, -0.2) is 28.0 Å². The maximum atomic E-state index is 11.3. The number of nitrogens with one attached hydrogen (secondary N) is 1. The minimum Gasteiger partial charge on any atom is -0.378 e. The summed E-state index contributed by atoms with van der Waals surface area (Å²) >= 11 is 0. The maximum absolute atomic E-state index is 11.3. The van der Waals surface area contributed by atoms with Crippen LogP contribution in [0.5, 0.6) is 0 Å². The van der Waals surface area contributed by atoms with Gasteiger partial charge in [-0.2, -0.15) is 9.97 Å². The van der Waals surface area contributed by atoms with Crippen LogP contribution >= 0.6 is 0 Å². The molecular weight excluding hydrogens is 308 g/mol. The average molecular weight is 328 g/mol. The Hall–Kier alpha value is -2.90. The first-order valence-electron chi connectivity index (χ1n) is 7.87. The van der Waals surface area contributed by atoms with E-state index < -0.39 is 4.92 Å². The molecule has 1 saturated heterocycles. The number of anilines is 4. The highest BCUT2D eigenvalue weighted by Gasteiger charge is 2.28. The lowest BCUT2D eigenvalue weighted by Crippen LogP contribution is -2.22. The van der Waals surface area contributed by atoms with Crippen molar-refractivity contribution in [2.75, 3.05) is 29.0 Å². The Balaban J connectivity index is 1.99. The van der Waals surface area contributed by atoms with Crippen LogP contribution in [0.3, 0.4) is 0 Å². The van der Waals surface area contributed by atoms with E-state index in [2.05, 4.69) is 15.3 Å². The smallest absolute Gasteiger partial charge is 0.353 e. The second-order valence-corrected chi connectivity index (χ2v) is 5.98. The van der Waals surface area contributed by atoms with Gasteiger partial charge in [-0.25, -0.2) is 0 Å². The number of nitrogens with two attached hydrogens (primary N) is 1. The average Bonchev–Trinajstić information content (AvgIpc) is 3.04. The second-order valence-electron chi connectivity index (χ2n) is 5.98. The van der Waals surface area contributed by atoms with Crippen LogP contribution in [0.25, 0.3) is 0 Å². The molecular formula is C16H20N6O2. The monoisotopic (exact) mass is 328 g/mol.